The monoisotopic (exact) mass is 641 g/mol. The van der Waals surface area contributed by atoms with Crippen molar-refractivity contribution in [2.24, 2.45) is 0 Å². The summed E-state index contributed by atoms with van der Waals surface area (Å²) >= 11 is 3.47. The molecule has 0 saturated carbocycles. The van der Waals surface area contributed by atoms with Crippen LogP contribution in [0.5, 0.6) is 5.75 Å². The van der Waals surface area contributed by atoms with Crippen LogP contribution in [-0.2, 0) is 5.60 Å². The van der Waals surface area contributed by atoms with Gasteiger partial charge in [0.15, 0.2) is 0 Å². The highest BCUT2D eigenvalue weighted by atomic mass is 79.9. The molecule has 0 unspecified atom stereocenters. The number of rotatable bonds is 8. The molecule has 226 valence electrons. The predicted molar refractivity (Wildman–Crippen MR) is 170 cm³/mol. The van der Waals surface area contributed by atoms with Crippen LogP contribution in [0.2, 0.25) is 0 Å². The second-order valence-corrected chi connectivity index (χ2v) is 12.6. The number of halogens is 2. The van der Waals surface area contributed by atoms with Gasteiger partial charge < -0.3 is 30.3 Å². The van der Waals surface area contributed by atoms with E-state index in [9.17, 15) is 9.50 Å². The fraction of sp³-hybridized carbons (Fsp3) is 0.484. The van der Waals surface area contributed by atoms with Crippen LogP contribution >= 0.6 is 15.9 Å². The molecule has 3 heterocycles. The van der Waals surface area contributed by atoms with E-state index < -0.39 is 11.4 Å². The summed E-state index contributed by atoms with van der Waals surface area (Å²) in [5.41, 5.74) is 2.28. The average Bonchev–Trinajstić information content (AvgIpc) is 2.96. The van der Waals surface area contributed by atoms with Crippen LogP contribution in [0.15, 0.2) is 41.0 Å². The van der Waals surface area contributed by atoms with Crippen molar-refractivity contribution in [2.75, 3.05) is 69.0 Å². The van der Waals surface area contributed by atoms with E-state index in [1.54, 1.807) is 39.3 Å². The summed E-state index contributed by atoms with van der Waals surface area (Å²) < 4.78 is 21.2. The van der Waals surface area contributed by atoms with Crippen molar-refractivity contribution in [3.63, 3.8) is 0 Å². The van der Waals surface area contributed by atoms with Gasteiger partial charge in [0.05, 0.1) is 28.6 Å². The normalized spacial score (nSPS) is 17.4. The van der Waals surface area contributed by atoms with Crippen LogP contribution in [0.4, 0.5) is 33.2 Å². The summed E-state index contributed by atoms with van der Waals surface area (Å²) in [6, 6.07) is 9.39. The Balaban J connectivity index is 1.32. The summed E-state index contributed by atoms with van der Waals surface area (Å²) in [4.78, 5) is 16.5. The number of para-hydroxylation sites is 1. The quantitative estimate of drug-likeness (QED) is 0.290. The maximum atomic E-state index is 14.8. The summed E-state index contributed by atoms with van der Waals surface area (Å²) in [6.45, 7) is 11.9. The zero-order chi connectivity index (χ0) is 30.0. The zero-order valence-corrected chi connectivity index (χ0v) is 26.6. The van der Waals surface area contributed by atoms with E-state index in [0.717, 1.165) is 74.8 Å². The van der Waals surface area contributed by atoms with Crippen molar-refractivity contribution in [1.82, 2.24) is 19.8 Å². The molecule has 3 N–H and O–H groups in total. The Hall–Kier alpha value is -2.99. The van der Waals surface area contributed by atoms with Crippen molar-refractivity contribution in [2.45, 2.75) is 45.3 Å². The van der Waals surface area contributed by atoms with E-state index in [4.69, 9.17) is 4.74 Å². The van der Waals surface area contributed by atoms with Gasteiger partial charge in [-0.05, 0) is 74.3 Å². The molecule has 9 nitrogen and oxygen atoms in total. The zero-order valence-electron chi connectivity index (χ0n) is 25.0. The van der Waals surface area contributed by atoms with Gasteiger partial charge in [0.1, 0.15) is 17.4 Å². The fourth-order valence-corrected chi connectivity index (χ4v) is 6.08. The Kier molecular flexibility index (Phi) is 9.22. The number of hydrogen-bond donors (Lipinski definition) is 3. The molecule has 0 amide bonds. The lowest BCUT2D eigenvalue weighted by atomic mass is 9.96. The number of ether oxygens (including phenoxy) is 1. The van der Waals surface area contributed by atoms with Gasteiger partial charge in [0.2, 0.25) is 5.95 Å². The number of aromatic nitrogens is 2. The third-order valence-electron chi connectivity index (χ3n) is 8.29. The SMILES string of the molecule is COc1cc(Nc2ncc(Br)c(Nc3c(F)cccc3C(C)(C)O)n2)c(C)cc1N1CCC(N2CCN(C)CC2)CC1. The summed E-state index contributed by atoms with van der Waals surface area (Å²) in [5, 5.41) is 16.9. The smallest absolute Gasteiger partial charge is 0.229 e. The maximum Gasteiger partial charge on any atom is 0.229 e. The van der Waals surface area contributed by atoms with Gasteiger partial charge >= 0.3 is 0 Å². The lowest BCUT2D eigenvalue weighted by Crippen LogP contribution is -2.52. The van der Waals surface area contributed by atoms with E-state index in [0.29, 0.717) is 27.8 Å². The minimum Gasteiger partial charge on any atom is -0.495 e. The Bertz CT molecular complexity index is 1400. The second-order valence-electron chi connectivity index (χ2n) is 11.8. The first-order chi connectivity index (χ1) is 20.0. The molecular weight excluding hydrogens is 601 g/mol. The number of aliphatic hydroxyl groups is 1. The van der Waals surface area contributed by atoms with Crippen LogP contribution in [0.25, 0.3) is 0 Å². The highest BCUT2D eigenvalue weighted by Gasteiger charge is 2.28. The molecule has 42 heavy (non-hydrogen) atoms. The molecule has 1 aromatic heterocycles. The van der Waals surface area contributed by atoms with Crippen molar-refractivity contribution >= 4 is 44.8 Å². The number of aryl methyl sites for hydroxylation is 1. The largest absolute Gasteiger partial charge is 0.495 e. The molecular formula is C31H41BrFN7O2. The van der Waals surface area contributed by atoms with E-state index in [1.165, 1.54) is 6.07 Å². The van der Waals surface area contributed by atoms with Crippen LogP contribution in [0.3, 0.4) is 0 Å². The molecule has 3 aromatic rings. The number of benzene rings is 2. The maximum absolute atomic E-state index is 14.8. The van der Waals surface area contributed by atoms with Crippen molar-refractivity contribution in [1.29, 1.82) is 0 Å². The first kappa shape index (κ1) is 30.5. The first-order valence-electron chi connectivity index (χ1n) is 14.5. The van der Waals surface area contributed by atoms with Gasteiger partial charge in [-0.1, -0.05) is 12.1 Å². The molecule has 5 rings (SSSR count). The third kappa shape index (κ3) is 6.80. The molecule has 2 saturated heterocycles. The lowest BCUT2D eigenvalue weighted by molar-refractivity contribution is 0.0791. The van der Waals surface area contributed by atoms with Gasteiger partial charge in [-0.3, -0.25) is 4.90 Å². The van der Waals surface area contributed by atoms with Crippen molar-refractivity contribution in [3.8, 4) is 5.75 Å². The highest BCUT2D eigenvalue weighted by molar-refractivity contribution is 9.10. The average molecular weight is 643 g/mol. The number of hydrogen-bond acceptors (Lipinski definition) is 9. The molecule has 0 radical (unpaired) electrons. The number of methoxy groups -OCH3 is 1. The number of anilines is 5. The predicted octanol–water partition coefficient (Wildman–Crippen LogP) is 5.63. The summed E-state index contributed by atoms with van der Waals surface area (Å²) in [7, 11) is 3.90. The molecule has 2 aromatic carbocycles. The number of nitrogens with one attached hydrogen (secondary N) is 2. The molecule has 11 heteroatoms. The van der Waals surface area contributed by atoms with Crippen LogP contribution < -0.4 is 20.3 Å². The standard InChI is InChI=1S/C31H41BrFN7O2/c1-20-17-26(40-11-9-21(10-12-40)39-15-13-38(4)14-16-39)27(42-5)18-25(20)35-30-34-19-23(32)29(37-30)36-28-22(31(2,3)41)7-6-8-24(28)33/h6-8,17-19,21,41H,9-16H2,1-5H3,(H2,34,35,36,37). The minimum atomic E-state index is -1.25. The number of piperidine rings is 1. The molecule has 0 bridgehead atoms. The van der Waals surface area contributed by atoms with Gasteiger partial charge in [-0.2, -0.15) is 4.98 Å². The van der Waals surface area contributed by atoms with Crippen LogP contribution in [0.1, 0.15) is 37.8 Å². The third-order valence-corrected chi connectivity index (χ3v) is 8.87. The lowest BCUT2D eigenvalue weighted by Gasteiger charge is -2.42. The van der Waals surface area contributed by atoms with Gasteiger partial charge in [0.25, 0.3) is 0 Å². The molecule has 2 aliphatic rings. The van der Waals surface area contributed by atoms with E-state index >= 15 is 0 Å². The Morgan fingerprint density at radius 3 is 2.45 bits per heavy atom. The minimum absolute atomic E-state index is 0.161. The van der Waals surface area contributed by atoms with Gasteiger partial charge in [-0.15, -0.1) is 0 Å². The van der Waals surface area contributed by atoms with Crippen molar-refractivity contribution in [3.05, 3.63) is 57.9 Å². The Morgan fingerprint density at radius 2 is 1.79 bits per heavy atom. The highest BCUT2D eigenvalue weighted by Crippen LogP contribution is 2.38. The first-order valence-corrected chi connectivity index (χ1v) is 15.3. The summed E-state index contributed by atoms with van der Waals surface area (Å²) in [5.74, 6) is 1.01. The number of nitrogens with zero attached hydrogens (tertiary/aromatic N) is 5. The van der Waals surface area contributed by atoms with Gasteiger partial charge in [-0.25, -0.2) is 9.37 Å². The second kappa shape index (κ2) is 12.7. The van der Waals surface area contributed by atoms with E-state index in [-0.39, 0.29) is 5.69 Å². The van der Waals surface area contributed by atoms with Crippen LogP contribution in [-0.4, -0.2) is 84.3 Å². The number of likely N-dealkylation sites (N-methyl/N-ethyl adjacent to an activating group) is 1. The Labute approximate surface area is 256 Å². The molecule has 2 fully saturated rings. The van der Waals surface area contributed by atoms with E-state index in [1.807, 2.05) is 6.07 Å². The molecule has 0 spiro atoms. The van der Waals surface area contributed by atoms with Crippen molar-refractivity contribution < 1.29 is 14.2 Å². The van der Waals surface area contributed by atoms with Gasteiger partial charge in [0, 0.05) is 68.8 Å². The topological polar surface area (TPSA) is 89.0 Å². The molecule has 0 aliphatic carbocycles. The number of piperazine rings is 1. The Morgan fingerprint density at radius 1 is 1.07 bits per heavy atom. The molecule has 2 aliphatic heterocycles. The molecule has 0 atom stereocenters. The fourth-order valence-electron chi connectivity index (χ4n) is 5.79. The van der Waals surface area contributed by atoms with E-state index in [2.05, 4.69) is 71.3 Å². The summed E-state index contributed by atoms with van der Waals surface area (Å²) in [6.07, 6.45) is 3.89. The van der Waals surface area contributed by atoms with Crippen LogP contribution in [0, 0.1) is 12.7 Å².